The van der Waals surface area contributed by atoms with Gasteiger partial charge in [-0.15, -0.1) is 0 Å². The van der Waals surface area contributed by atoms with Gasteiger partial charge in [0.15, 0.2) is 5.96 Å². The van der Waals surface area contributed by atoms with Crippen molar-refractivity contribution in [1.29, 1.82) is 0 Å². The van der Waals surface area contributed by atoms with Gasteiger partial charge in [0.25, 0.3) is 0 Å². The van der Waals surface area contributed by atoms with Gasteiger partial charge in [0, 0.05) is 26.2 Å². The predicted octanol–water partition coefficient (Wildman–Crippen LogP) is 2.22. The van der Waals surface area contributed by atoms with E-state index in [0.717, 1.165) is 25.6 Å². The first-order valence-corrected chi connectivity index (χ1v) is 7.99. The summed E-state index contributed by atoms with van der Waals surface area (Å²) in [6.07, 6.45) is 7.91. The van der Waals surface area contributed by atoms with Crippen LogP contribution in [0.5, 0.6) is 0 Å². The fourth-order valence-electron chi connectivity index (χ4n) is 2.71. The Bertz CT molecular complexity index is 247. The van der Waals surface area contributed by atoms with Crippen LogP contribution in [0.15, 0.2) is 4.99 Å². The Balaban J connectivity index is 2.20. The molecule has 0 atom stereocenters. The highest BCUT2D eigenvalue weighted by Gasteiger charge is 2.14. The van der Waals surface area contributed by atoms with Crippen molar-refractivity contribution >= 4 is 5.96 Å². The van der Waals surface area contributed by atoms with E-state index in [1.165, 1.54) is 45.1 Å². The summed E-state index contributed by atoms with van der Waals surface area (Å²) < 4.78 is 0. The maximum Gasteiger partial charge on any atom is 0.191 e. The Morgan fingerprint density at radius 2 is 1.89 bits per heavy atom. The third kappa shape index (κ3) is 6.81. The molecule has 0 aromatic rings. The van der Waals surface area contributed by atoms with E-state index < -0.39 is 0 Å². The molecule has 0 saturated heterocycles. The van der Waals surface area contributed by atoms with Crippen LogP contribution < -0.4 is 10.6 Å². The van der Waals surface area contributed by atoms with Crippen molar-refractivity contribution in [3.63, 3.8) is 0 Å². The van der Waals surface area contributed by atoms with E-state index >= 15 is 0 Å². The zero-order valence-corrected chi connectivity index (χ0v) is 13.0. The highest BCUT2D eigenvalue weighted by atomic mass is 15.2. The second kappa shape index (κ2) is 10.1. The molecule has 0 spiro atoms. The first-order valence-electron chi connectivity index (χ1n) is 7.99. The molecule has 1 aliphatic carbocycles. The lowest BCUT2D eigenvalue weighted by atomic mass is 9.96. The van der Waals surface area contributed by atoms with Crippen molar-refractivity contribution < 1.29 is 0 Å². The van der Waals surface area contributed by atoms with E-state index in [1.807, 2.05) is 7.05 Å². The molecule has 1 fully saturated rings. The van der Waals surface area contributed by atoms with Crippen LogP contribution in [0.3, 0.4) is 0 Å². The molecule has 0 radical (unpaired) electrons. The number of aliphatic imine (C=N–C) groups is 1. The average molecular weight is 268 g/mol. The molecule has 1 aliphatic rings. The van der Waals surface area contributed by atoms with Crippen molar-refractivity contribution in [3.05, 3.63) is 0 Å². The minimum atomic E-state index is 0.623. The third-order valence-electron chi connectivity index (χ3n) is 3.88. The second-order valence-electron chi connectivity index (χ2n) is 5.41. The molecule has 4 heteroatoms. The molecule has 112 valence electrons. The SMILES string of the molecule is CCCN(CC)CCNC(=NC)NC1CCCCC1. The summed E-state index contributed by atoms with van der Waals surface area (Å²) in [5.41, 5.74) is 0. The molecule has 1 rings (SSSR count). The van der Waals surface area contributed by atoms with Crippen LogP contribution in [-0.2, 0) is 0 Å². The number of nitrogens with one attached hydrogen (secondary N) is 2. The lowest BCUT2D eigenvalue weighted by molar-refractivity contribution is 0.292. The molecule has 0 unspecified atom stereocenters. The summed E-state index contributed by atoms with van der Waals surface area (Å²) in [7, 11) is 1.86. The van der Waals surface area contributed by atoms with Crippen LogP contribution in [-0.4, -0.2) is 50.1 Å². The van der Waals surface area contributed by atoms with Gasteiger partial charge < -0.3 is 15.5 Å². The van der Waals surface area contributed by atoms with Gasteiger partial charge in [0.1, 0.15) is 0 Å². The summed E-state index contributed by atoms with van der Waals surface area (Å²) in [6.45, 7) is 8.84. The van der Waals surface area contributed by atoms with Gasteiger partial charge in [0.05, 0.1) is 0 Å². The van der Waals surface area contributed by atoms with E-state index in [-0.39, 0.29) is 0 Å². The highest BCUT2D eigenvalue weighted by Crippen LogP contribution is 2.17. The van der Waals surface area contributed by atoms with Gasteiger partial charge in [-0.2, -0.15) is 0 Å². The fourth-order valence-corrected chi connectivity index (χ4v) is 2.71. The van der Waals surface area contributed by atoms with Gasteiger partial charge in [-0.25, -0.2) is 0 Å². The molecule has 0 amide bonds. The molecule has 1 saturated carbocycles. The molecule has 2 N–H and O–H groups in total. The van der Waals surface area contributed by atoms with E-state index in [2.05, 4.69) is 34.4 Å². The van der Waals surface area contributed by atoms with Crippen LogP contribution in [0.4, 0.5) is 0 Å². The number of hydrogen-bond donors (Lipinski definition) is 2. The van der Waals surface area contributed by atoms with Crippen molar-refractivity contribution in [2.24, 2.45) is 4.99 Å². The monoisotopic (exact) mass is 268 g/mol. The first kappa shape index (κ1) is 16.3. The van der Waals surface area contributed by atoms with Gasteiger partial charge in [-0.3, -0.25) is 4.99 Å². The Labute approximate surface area is 119 Å². The van der Waals surface area contributed by atoms with Crippen LogP contribution in [0.1, 0.15) is 52.4 Å². The maximum atomic E-state index is 4.33. The Morgan fingerprint density at radius 3 is 2.47 bits per heavy atom. The Morgan fingerprint density at radius 1 is 1.16 bits per heavy atom. The maximum absolute atomic E-state index is 4.33. The van der Waals surface area contributed by atoms with E-state index in [4.69, 9.17) is 0 Å². The quantitative estimate of drug-likeness (QED) is 0.549. The lowest BCUT2D eigenvalue weighted by Crippen LogP contribution is -2.46. The lowest BCUT2D eigenvalue weighted by Gasteiger charge is -2.25. The predicted molar refractivity (Wildman–Crippen MR) is 83.8 cm³/mol. The van der Waals surface area contributed by atoms with Crippen LogP contribution >= 0.6 is 0 Å². The number of hydrogen-bond acceptors (Lipinski definition) is 2. The highest BCUT2D eigenvalue weighted by molar-refractivity contribution is 5.79. The molecular formula is C15H32N4. The summed E-state index contributed by atoms with van der Waals surface area (Å²) >= 11 is 0. The molecule has 0 heterocycles. The third-order valence-corrected chi connectivity index (χ3v) is 3.88. The van der Waals surface area contributed by atoms with Crippen LogP contribution in [0.25, 0.3) is 0 Å². The van der Waals surface area contributed by atoms with Gasteiger partial charge in [-0.05, 0) is 32.4 Å². The van der Waals surface area contributed by atoms with Crippen LogP contribution in [0, 0.1) is 0 Å². The molecule has 0 aromatic heterocycles. The second-order valence-corrected chi connectivity index (χ2v) is 5.41. The Kier molecular flexibility index (Phi) is 8.63. The summed E-state index contributed by atoms with van der Waals surface area (Å²) in [5, 5.41) is 6.99. The van der Waals surface area contributed by atoms with E-state index in [1.54, 1.807) is 0 Å². The zero-order valence-electron chi connectivity index (χ0n) is 13.0. The molecule has 4 nitrogen and oxygen atoms in total. The molecular weight excluding hydrogens is 236 g/mol. The zero-order chi connectivity index (χ0) is 13.9. The largest absolute Gasteiger partial charge is 0.355 e. The van der Waals surface area contributed by atoms with E-state index in [9.17, 15) is 0 Å². The Hall–Kier alpha value is -0.770. The van der Waals surface area contributed by atoms with Gasteiger partial charge in [-0.1, -0.05) is 33.1 Å². The standard InChI is InChI=1S/C15H32N4/c1-4-12-19(5-2)13-11-17-15(16-3)18-14-9-7-6-8-10-14/h14H,4-13H2,1-3H3,(H2,16,17,18). The van der Waals surface area contributed by atoms with Crippen LogP contribution in [0.2, 0.25) is 0 Å². The molecule has 19 heavy (non-hydrogen) atoms. The van der Waals surface area contributed by atoms with Crippen molar-refractivity contribution in [3.8, 4) is 0 Å². The summed E-state index contributed by atoms with van der Waals surface area (Å²) in [4.78, 5) is 6.80. The number of guanidine groups is 1. The van der Waals surface area contributed by atoms with Crippen molar-refractivity contribution in [2.75, 3.05) is 33.2 Å². The number of rotatable bonds is 7. The smallest absolute Gasteiger partial charge is 0.191 e. The molecule has 0 aliphatic heterocycles. The molecule has 0 aromatic carbocycles. The fraction of sp³-hybridized carbons (Fsp3) is 0.933. The summed E-state index contributed by atoms with van der Waals surface area (Å²) in [5.74, 6) is 0.972. The minimum absolute atomic E-state index is 0.623. The van der Waals surface area contributed by atoms with Gasteiger partial charge >= 0.3 is 0 Å². The van der Waals surface area contributed by atoms with Gasteiger partial charge in [0.2, 0.25) is 0 Å². The number of likely N-dealkylation sites (N-methyl/N-ethyl adjacent to an activating group) is 1. The normalized spacial score (nSPS) is 17.8. The van der Waals surface area contributed by atoms with Crippen molar-refractivity contribution in [1.82, 2.24) is 15.5 Å². The topological polar surface area (TPSA) is 39.7 Å². The summed E-state index contributed by atoms with van der Waals surface area (Å²) in [6, 6.07) is 0.623. The minimum Gasteiger partial charge on any atom is -0.355 e. The van der Waals surface area contributed by atoms with E-state index in [0.29, 0.717) is 6.04 Å². The first-order chi connectivity index (χ1) is 9.30. The number of nitrogens with zero attached hydrogens (tertiary/aromatic N) is 2. The average Bonchev–Trinajstić information content (AvgIpc) is 2.46. The van der Waals surface area contributed by atoms with Crippen molar-refractivity contribution in [2.45, 2.75) is 58.4 Å². The molecule has 0 bridgehead atoms.